The van der Waals surface area contributed by atoms with Crippen LogP contribution in [0.25, 0.3) is 17.3 Å². The number of carbonyl (C=O) groups is 1. The van der Waals surface area contributed by atoms with Crippen molar-refractivity contribution in [3.63, 3.8) is 0 Å². The van der Waals surface area contributed by atoms with Crippen molar-refractivity contribution in [3.8, 4) is 11.3 Å². The first-order chi connectivity index (χ1) is 10.7. The van der Waals surface area contributed by atoms with Gasteiger partial charge in [-0.25, -0.2) is 4.98 Å². The van der Waals surface area contributed by atoms with E-state index in [4.69, 9.17) is 16.0 Å². The lowest BCUT2D eigenvalue weighted by Crippen LogP contribution is -2.07. The fourth-order valence-corrected chi connectivity index (χ4v) is 2.62. The predicted molar refractivity (Wildman–Crippen MR) is 88.9 cm³/mol. The van der Waals surface area contributed by atoms with Crippen LogP contribution in [0, 0.1) is 0 Å². The van der Waals surface area contributed by atoms with Gasteiger partial charge >= 0.3 is 0 Å². The molecule has 0 atom stereocenters. The van der Waals surface area contributed by atoms with E-state index in [-0.39, 0.29) is 5.91 Å². The molecule has 1 amide bonds. The summed E-state index contributed by atoms with van der Waals surface area (Å²) in [6.45, 7) is 0. The van der Waals surface area contributed by atoms with Gasteiger partial charge in [-0.1, -0.05) is 23.7 Å². The molecule has 0 bridgehead atoms. The van der Waals surface area contributed by atoms with E-state index in [9.17, 15) is 4.79 Å². The van der Waals surface area contributed by atoms with E-state index in [0.717, 1.165) is 11.3 Å². The maximum absolute atomic E-state index is 11.8. The zero-order valence-corrected chi connectivity index (χ0v) is 12.9. The second-order valence-corrected chi connectivity index (χ2v) is 5.68. The number of nitrogens with one attached hydrogen (secondary N) is 1. The average Bonchev–Trinajstić information content (AvgIpc) is 3.17. The summed E-state index contributed by atoms with van der Waals surface area (Å²) >= 11 is 7.23. The van der Waals surface area contributed by atoms with Crippen LogP contribution in [0.5, 0.6) is 0 Å². The lowest BCUT2D eigenvalue weighted by atomic mass is 10.2. The summed E-state index contributed by atoms with van der Waals surface area (Å²) in [7, 11) is 0. The van der Waals surface area contributed by atoms with Crippen LogP contribution in [0.1, 0.15) is 5.76 Å². The number of aromatic nitrogens is 1. The molecule has 1 aromatic carbocycles. The molecule has 3 rings (SSSR count). The van der Waals surface area contributed by atoms with Crippen molar-refractivity contribution in [3.05, 3.63) is 64.9 Å². The Labute approximate surface area is 136 Å². The molecular formula is C16H11ClN2O2S. The normalized spacial score (nSPS) is 11.0. The van der Waals surface area contributed by atoms with Crippen molar-refractivity contribution in [2.24, 2.45) is 0 Å². The van der Waals surface area contributed by atoms with Crippen molar-refractivity contribution in [1.82, 2.24) is 4.98 Å². The number of thiazole rings is 1. The molecule has 0 spiro atoms. The van der Waals surface area contributed by atoms with Crippen LogP contribution in [0.2, 0.25) is 5.02 Å². The lowest BCUT2D eigenvalue weighted by molar-refractivity contribution is -0.111. The first kappa shape index (κ1) is 14.6. The zero-order valence-electron chi connectivity index (χ0n) is 11.3. The highest BCUT2D eigenvalue weighted by Gasteiger charge is 2.06. The summed E-state index contributed by atoms with van der Waals surface area (Å²) in [5.41, 5.74) is 1.75. The molecule has 6 heteroatoms. The van der Waals surface area contributed by atoms with Gasteiger partial charge in [0, 0.05) is 22.0 Å². The quantitative estimate of drug-likeness (QED) is 0.705. The van der Waals surface area contributed by atoms with Crippen LogP contribution in [-0.4, -0.2) is 10.9 Å². The number of nitrogens with zero attached hydrogens (tertiary/aromatic N) is 1. The van der Waals surface area contributed by atoms with E-state index < -0.39 is 0 Å². The zero-order chi connectivity index (χ0) is 15.4. The molecule has 0 saturated heterocycles. The smallest absolute Gasteiger partial charge is 0.250 e. The summed E-state index contributed by atoms with van der Waals surface area (Å²) in [5.74, 6) is 0.365. The summed E-state index contributed by atoms with van der Waals surface area (Å²) in [4.78, 5) is 16.2. The van der Waals surface area contributed by atoms with Gasteiger partial charge in [0.25, 0.3) is 0 Å². The Balaban J connectivity index is 1.66. The minimum Gasteiger partial charge on any atom is -0.465 e. The van der Waals surface area contributed by atoms with Crippen molar-refractivity contribution in [2.75, 3.05) is 5.32 Å². The van der Waals surface area contributed by atoms with E-state index in [0.29, 0.717) is 15.9 Å². The molecule has 1 N–H and O–H groups in total. The Morgan fingerprint density at radius 3 is 2.82 bits per heavy atom. The van der Waals surface area contributed by atoms with Crippen molar-refractivity contribution in [2.45, 2.75) is 0 Å². The molecule has 22 heavy (non-hydrogen) atoms. The van der Waals surface area contributed by atoms with E-state index >= 15 is 0 Å². The van der Waals surface area contributed by atoms with Crippen LogP contribution in [0.15, 0.2) is 58.5 Å². The van der Waals surface area contributed by atoms with Crippen molar-refractivity contribution >= 4 is 40.1 Å². The van der Waals surface area contributed by atoms with Gasteiger partial charge in [-0.2, -0.15) is 0 Å². The van der Waals surface area contributed by atoms with Crippen molar-refractivity contribution in [1.29, 1.82) is 0 Å². The van der Waals surface area contributed by atoms with Gasteiger partial charge in [0.2, 0.25) is 5.91 Å². The monoisotopic (exact) mass is 330 g/mol. The fraction of sp³-hybridized carbons (Fsp3) is 0. The molecule has 0 aliphatic rings. The highest BCUT2D eigenvalue weighted by molar-refractivity contribution is 7.14. The minimum atomic E-state index is -0.256. The number of rotatable bonds is 4. The van der Waals surface area contributed by atoms with E-state index in [1.54, 1.807) is 36.6 Å². The fourth-order valence-electron chi connectivity index (χ4n) is 1.78. The first-order valence-corrected chi connectivity index (χ1v) is 7.70. The van der Waals surface area contributed by atoms with E-state index in [1.165, 1.54) is 17.4 Å². The first-order valence-electron chi connectivity index (χ1n) is 6.45. The van der Waals surface area contributed by atoms with E-state index in [2.05, 4.69) is 10.3 Å². The minimum absolute atomic E-state index is 0.256. The third kappa shape index (κ3) is 3.63. The third-order valence-corrected chi connectivity index (χ3v) is 3.83. The highest BCUT2D eigenvalue weighted by atomic mass is 35.5. The molecule has 0 aliphatic carbocycles. The lowest BCUT2D eigenvalue weighted by Gasteiger charge is -1.97. The van der Waals surface area contributed by atoms with Gasteiger partial charge in [-0.05, 0) is 30.3 Å². The second-order valence-electron chi connectivity index (χ2n) is 4.38. The predicted octanol–water partition coefficient (Wildman–Crippen LogP) is 4.71. The SMILES string of the molecule is O=C(C=Cc1ccco1)Nc1nc(-c2ccc(Cl)cc2)cs1. The van der Waals surface area contributed by atoms with Gasteiger partial charge in [-0.3, -0.25) is 10.1 Å². The third-order valence-electron chi connectivity index (χ3n) is 2.82. The standard InChI is InChI=1S/C16H11ClN2O2S/c17-12-5-3-11(4-6-12)14-10-22-16(18-14)19-15(20)8-7-13-2-1-9-21-13/h1-10H,(H,18,19,20). The van der Waals surface area contributed by atoms with Crippen molar-refractivity contribution < 1.29 is 9.21 Å². The molecule has 110 valence electrons. The van der Waals surface area contributed by atoms with Crippen LogP contribution in [-0.2, 0) is 4.79 Å². The molecule has 0 aliphatic heterocycles. The van der Waals surface area contributed by atoms with Gasteiger partial charge in [0.15, 0.2) is 5.13 Å². The number of amides is 1. The average molecular weight is 331 g/mol. The van der Waals surface area contributed by atoms with Gasteiger partial charge in [0.1, 0.15) is 5.76 Å². The summed E-state index contributed by atoms with van der Waals surface area (Å²) in [6, 6.07) is 10.9. The molecule has 4 nitrogen and oxygen atoms in total. The molecule has 2 heterocycles. The Hall–Kier alpha value is -2.37. The maximum atomic E-state index is 11.8. The van der Waals surface area contributed by atoms with Crippen LogP contribution in [0.3, 0.4) is 0 Å². The van der Waals surface area contributed by atoms with Crippen LogP contribution in [0.4, 0.5) is 5.13 Å². The number of carbonyl (C=O) groups excluding carboxylic acids is 1. The summed E-state index contributed by atoms with van der Waals surface area (Å²) in [5, 5.41) is 5.82. The highest BCUT2D eigenvalue weighted by Crippen LogP contribution is 2.25. The molecule has 2 aromatic heterocycles. The molecule has 3 aromatic rings. The Morgan fingerprint density at radius 2 is 2.09 bits per heavy atom. The number of benzene rings is 1. The van der Waals surface area contributed by atoms with E-state index in [1.807, 2.05) is 17.5 Å². The van der Waals surface area contributed by atoms with Crippen LogP contribution < -0.4 is 5.32 Å². The maximum Gasteiger partial charge on any atom is 0.250 e. The Morgan fingerprint density at radius 1 is 1.27 bits per heavy atom. The number of hydrogen-bond acceptors (Lipinski definition) is 4. The van der Waals surface area contributed by atoms with Gasteiger partial charge < -0.3 is 4.42 Å². The van der Waals surface area contributed by atoms with Gasteiger partial charge in [-0.15, -0.1) is 11.3 Å². The van der Waals surface area contributed by atoms with Gasteiger partial charge in [0.05, 0.1) is 12.0 Å². The Bertz CT molecular complexity index is 792. The number of hydrogen-bond donors (Lipinski definition) is 1. The summed E-state index contributed by atoms with van der Waals surface area (Å²) in [6.07, 6.45) is 4.56. The molecule has 0 saturated carbocycles. The van der Waals surface area contributed by atoms with Crippen LogP contribution >= 0.6 is 22.9 Å². The molecule has 0 unspecified atom stereocenters. The Kier molecular flexibility index (Phi) is 4.37. The molecule has 0 fully saturated rings. The molecular weight excluding hydrogens is 320 g/mol. The number of furan rings is 1. The topological polar surface area (TPSA) is 55.1 Å². The number of halogens is 1. The number of anilines is 1. The second kappa shape index (κ2) is 6.60. The largest absolute Gasteiger partial charge is 0.465 e. The summed E-state index contributed by atoms with van der Waals surface area (Å²) < 4.78 is 5.12. The molecule has 0 radical (unpaired) electrons.